The van der Waals surface area contributed by atoms with Gasteiger partial charge in [-0.05, 0) is 37.5 Å². The zero-order chi connectivity index (χ0) is 16.7. The SMILES string of the molecule is CC(C)CC(C(=O)NC(CCO)C(C)C)N1CCCCC1=O. The van der Waals surface area contributed by atoms with Crippen molar-refractivity contribution in [3.8, 4) is 0 Å². The van der Waals surface area contributed by atoms with Gasteiger partial charge in [-0.3, -0.25) is 9.59 Å². The van der Waals surface area contributed by atoms with Gasteiger partial charge in [0, 0.05) is 25.6 Å². The molecule has 22 heavy (non-hydrogen) atoms. The second-order valence-corrected chi connectivity index (χ2v) is 7.06. The van der Waals surface area contributed by atoms with Gasteiger partial charge in [-0.1, -0.05) is 27.7 Å². The van der Waals surface area contributed by atoms with Crippen molar-refractivity contribution in [3.05, 3.63) is 0 Å². The van der Waals surface area contributed by atoms with E-state index in [2.05, 4.69) is 19.2 Å². The van der Waals surface area contributed by atoms with Gasteiger partial charge < -0.3 is 15.3 Å². The fourth-order valence-electron chi connectivity index (χ4n) is 2.97. The fourth-order valence-corrected chi connectivity index (χ4v) is 2.97. The van der Waals surface area contributed by atoms with Crippen molar-refractivity contribution in [2.24, 2.45) is 11.8 Å². The number of carbonyl (C=O) groups is 2. The minimum absolute atomic E-state index is 0.0490. The summed E-state index contributed by atoms with van der Waals surface area (Å²) in [5, 5.41) is 12.2. The summed E-state index contributed by atoms with van der Waals surface area (Å²) < 4.78 is 0. The molecule has 0 aromatic carbocycles. The number of rotatable bonds is 8. The van der Waals surface area contributed by atoms with E-state index in [1.807, 2.05) is 13.8 Å². The van der Waals surface area contributed by atoms with Gasteiger partial charge in [0.05, 0.1) is 0 Å². The molecule has 2 atom stereocenters. The molecule has 0 spiro atoms. The number of likely N-dealkylation sites (tertiary alicyclic amines) is 1. The van der Waals surface area contributed by atoms with Crippen LogP contribution in [0.2, 0.25) is 0 Å². The normalized spacial score (nSPS) is 18.7. The van der Waals surface area contributed by atoms with Gasteiger partial charge in [-0.15, -0.1) is 0 Å². The molecule has 1 aliphatic rings. The van der Waals surface area contributed by atoms with E-state index in [4.69, 9.17) is 5.11 Å². The standard InChI is InChI=1S/C17H32N2O3/c1-12(2)11-15(19-9-6-5-7-16(19)21)17(22)18-14(8-10-20)13(3)4/h12-15,20H,5-11H2,1-4H3,(H,18,22). The van der Waals surface area contributed by atoms with Gasteiger partial charge in [0.1, 0.15) is 6.04 Å². The molecule has 2 amide bonds. The lowest BCUT2D eigenvalue weighted by atomic mass is 9.96. The van der Waals surface area contributed by atoms with E-state index in [-0.39, 0.29) is 36.4 Å². The number of amides is 2. The van der Waals surface area contributed by atoms with E-state index < -0.39 is 0 Å². The van der Waals surface area contributed by atoms with Crippen LogP contribution in [0.4, 0.5) is 0 Å². The maximum atomic E-state index is 12.7. The molecular formula is C17H32N2O3. The Hall–Kier alpha value is -1.10. The molecule has 2 unspecified atom stereocenters. The van der Waals surface area contributed by atoms with Crippen LogP contribution < -0.4 is 5.32 Å². The Morgan fingerprint density at radius 2 is 1.95 bits per heavy atom. The number of hydrogen-bond acceptors (Lipinski definition) is 3. The Labute approximate surface area is 134 Å². The second-order valence-electron chi connectivity index (χ2n) is 7.06. The Balaban J connectivity index is 2.81. The number of hydrogen-bond donors (Lipinski definition) is 2. The first-order chi connectivity index (χ1) is 10.4. The average molecular weight is 312 g/mol. The van der Waals surface area contributed by atoms with Crippen LogP contribution in [0.25, 0.3) is 0 Å². The van der Waals surface area contributed by atoms with E-state index in [0.717, 1.165) is 12.8 Å². The average Bonchev–Trinajstić information content (AvgIpc) is 2.44. The second kappa shape index (κ2) is 9.13. The lowest BCUT2D eigenvalue weighted by molar-refractivity contribution is -0.143. The van der Waals surface area contributed by atoms with Crippen molar-refractivity contribution in [1.82, 2.24) is 10.2 Å². The number of piperidine rings is 1. The largest absolute Gasteiger partial charge is 0.396 e. The van der Waals surface area contributed by atoms with E-state index in [1.54, 1.807) is 4.90 Å². The van der Waals surface area contributed by atoms with Crippen molar-refractivity contribution in [2.45, 2.75) is 71.9 Å². The molecule has 128 valence electrons. The number of nitrogens with one attached hydrogen (secondary N) is 1. The third-order valence-corrected chi connectivity index (χ3v) is 4.31. The summed E-state index contributed by atoms with van der Waals surface area (Å²) in [6, 6.07) is -0.431. The summed E-state index contributed by atoms with van der Waals surface area (Å²) >= 11 is 0. The highest BCUT2D eigenvalue weighted by Gasteiger charge is 2.33. The zero-order valence-electron chi connectivity index (χ0n) is 14.5. The molecule has 5 heteroatoms. The van der Waals surface area contributed by atoms with Crippen molar-refractivity contribution < 1.29 is 14.7 Å². The van der Waals surface area contributed by atoms with Gasteiger partial charge >= 0.3 is 0 Å². The highest BCUT2D eigenvalue weighted by molar-refractivity contribution is 5.88. The quantitative estimate of drug-likeness (QED) is 0.719. The molecule has 0 radical (unpaired) electrons. The van der Waals surface area contributed by atoms with Crippen LogP contribution in [0.3, 0.4) is 0 Å². The maximum absolute atomic E-state index is 12.7. The molecule has 2 N–H and O–H groups in total. The summed E-state index contributed by atoms with van der Waals surface area (Å²) in [5.74, 6) is 0.625. The van der Waals surface area contributed by atoms with Gasteiger partial charge in [-0.2, -0.15) is 0 Å². The first-order valence-electron chi connectivity index (χ1n) is 8.57. The van der Waals surface area contributed by atoms with Crippen molar-refractivity contribution in [2.75, 3.05) is 13.2 Å². The molecule has 0 saturated carbocycles. The number of aliphatic hydroxyl groups is 1. The Bertz CT molecular complexity index is 369. The van der Waals surface area contributed by atoms with Crippen LogP contribution in [-0.2, 0) is 9.59 Å². The topological polar surface area (TPSA) is 69.6 Å². The van der Waals surface area contributed by atoms with Crippen molar-refractivity contribution >= 4 is 11.8 Å². The minimum Gasteiger partial charge on any atom is -0.396 e. The van der Waals surface area contributed by atoms with Crippen LogP contribution in [0.5, 0.6) is 0 Å². The maximum Gasteiger partial charge on any atom is 0.243 e. The summed E-state index contributed by atoms with van der Waals surface area (Å²) in [6.45, 7) is 8.94. The summed E-state index contributed by atoms with van der Waals surface area (Å²) in [7, 11) is 0. The van der Waals surface area contributed by atoms with E-state index in [0.29, 0.717) is 31.7 Å². The molecule has 0 aromatic heterocycles. The fraction of sp³-hybridized carbons (Fsp3) is 0.882. The zero-order valence-corrected chi connectivity index (χ0v) is 14.5. The Morgan fingerprint density at radius 1 is 1.27 bits per heavy atom. The van der Waals surface area contributed by atoms with Gasteiger partial charge in [-0.25, -0.2) is 0 Å². The van der Waals surface area contributed by atoms with Crippen molar-refractivity contribution in [3.63, 3.8) is 0 Å². The monoisotopic (exact) mass is 312 g/mol. The van der Waals surface area contributed by atoms with Crippen LogP contribution in [-0.4, -0.2) is 47.1 Å². The lowest BCUT2D eigenvalue weighted by Gasteiger charge is -2.36. The highest BCUT2D eigenvalue weighted by atomic mass is 16.3. The first kappa shape index (κ1) is 18.9. The molecule has 0 aliphatic carbocycles. The van der Waals surface area contributed by atoms with Crippen LogP contribution in [0, 0.1) is 11.8 Å². The molecule has 1 heterocycles. The highest BCUT2D eigenvalue weighted by Crippen LogP contribution is 2.20. The molecule has 1 saturated heterocycles. The third kappa shape index (κ3) is 5.59. The van der Waals surface area contributed by atoms with Crippen LogP contribution in [0.1, 0.15) is 59.8 Å². The number of nitrogens with zero attached hydrogens (tertiary/aromatic N) is 1. The number of carbonyl (C=O) groups excluding carboxylic acids is 2. The van der Waals surface area contributed by atoms with E-state index >= 15 is 0 Å². The summed E-state index contributed by atoms with van der Waals surface area (Å²) in [5.41, 5.74) is 0. The molecule has 0 aromatic rings. The Kier molecular flexibility index (Phi) is 7.87. The van der Waals surface area contributed by atoms with Gasteiger partial charge in [0.2, 0.25) is 11.8 Å². The smallest absolute Gasteiger partial charge is 0.243 e. The van der Waals surface area contributed by atoms with Crippen LogP contribution >= 0.6 is 0 Å². The third-order valence-electron chi connectivity index (χ3n) is 4.31. The van der Waals surface area contributed by atoms with E-state index in [1.165, 1.54) is 0 Å². The Morgan fingerprint density at radius 3 is 2.45 bits per heavy atom. The first-order valence-corrected chi connectivity index (χ1v) is 8.57. The minimum atomic E-state index is -0.382. The lowest BCUT2D eigenvalue weighted by Crippen LogP contribution is -2.54. The van der Waals surface area contributed by atoms with Crippen LogP contribution in [0.15, 0.2) is 0 Å². The predicted octanol–water partition coefficient (Wildman–Crippen LogP) is 1.94. The summed E-state index contributed by atoms with van der Waals surface area (Å²) in [4.78, 5) is 26.7. The van der Waals surface area contributed by atoms with Gasteiger partial charge in [0.15, 0.2) is 0 Å². The molecular weight excluding hydrogens is 280 g/mol. The van der Waals surface area contributed by atoms with Gasteiger partial charge in [0.25, 0.3) is 0 Å². The molecule has 5 nitrogen and oxygen atoms in total. The van der Waals surface area contributed by atoms with Crippen molar-refractivity contribution in [1.29, 1.82) is 0 Å². The predicted molar refractivity (Wildman–Crippen MR) is 87.3 cm³/mol. The van der Waals surface area contributed by atoms with E-state index in [9.17, 15) is 9.59 Å². The molecule has 1 fully saturated rings. The molecule has 1 rings (SSSR count). The molecule has 0 bridgehead atoms. The molecule has 1 aliphatic heterocycles. The summed E-state index contributed by atoms with van der Waals surface area (Å²) in [6.07, 6.45) is 3.67. The number of aliphatic hydroxyl groups excluding tert-OH is 1.